The summed E-state index contributed by atoms with van der Waals surface area (Å²) in [5.74, 6) is 0. The van der Waals surface area contributed by atoms with Gasteiger partial charge in [0.1, 0.15) is 12.1 Å². The summed E-state index contributed by atoms with van der Waals surface area (Å²) in [5.41, 5.74) is 2.10. The molecular formula is C16H19N3. The van der Waals surface area contributed by atoms with Crippen LogP contribution in [0.15, 0.2) is 18.2 Å². The highest BCUT2D eigenvalue weighted by Gasteiger charge is 2.31. The molecule has 1 aromatic rings. The van der Waals surface area contributed by atoms with Crippen LogP contribution in [0.5, 0.6) is 0 Å². The molecule has 19 heavy (non-hydrogen) atoms. The maximum Gasteiger partial charge on any atom is 0.101 e. The summed E-state index contributed by atoms with van der Waals surface area (Å²) in [4.78, 5) is 0. The van der Waals surface area contributed by atoms with Crippen molar-refractivity contribution in [3.05, 3.63) is 29.3 Å². The lowest BCUT2D eigenvalue weighted by atomic mass is 9.73. The summed E-state index contributed by atoms with van der Waals surface area (Å²) in [5, 5.41) is 21.5. The fourth-order valence-corrected chi connectivity index (χ4v) is 2.79. The molecule has 2 rings (SSSR count). The van der Waals surface area contributed by atoms with Crippen LogP contribution in [0.25, 0.3) is 0 Å². The highest BCUT2D eigenvalue weighted by Crippen LogP contribution is 2.37. The lowest BCUT2D eigenvalue weighted by Gasteiger charge is -2.39. The Morgan fingerprint density at radius 3 is 2.53 bits per heavy atom. The normalized spacial score (nSPS) is 21.2. The van der Waals surface area contributed by atoms with E-state index in [1.807, 2.05) is 12.1 Å². The van der Waals surface area contributed by atoms with Crippen molar-refractivity contribution in [1.29, 1.82) is 10.5 Å². The van der Waals surface area contributed by atoms with E-state index in [0.717, 1.165) is 12.1 Å². The quantitative estimate of drug-likeness (QED) is 0.871. The number of hydrogen-bond acceptors (Lipinski definition) is 3. The minimum atomic E-state index is 0.277. The van der Waals surface area contributed by atoms with E-state index < -0.39 is 0 Å². The summed E-state index contributed by atoms with van der Waals surface area (Å²) in [7, 11) is 0. The molecule has 0 bridgehead atoms. The Bertz CT molecular complexity index is 546. The van der Waals surface area contributed by atoms with Crippen molar-refractivity contribution in [3.63, 3.8) is 0 Å². The Morgan fingerprint density at radius 2 is 1.89 bits per heavy atom. The minimum absolute atomic E-state index is 0.277. The van der Waals surface area contributed by atoms with Crippen molar-refractivity contribution in [2.24, 2.45) is 5.41 Å². The highest BCUT2D eigenvalue weighted by molar-refractivity contribution is 5.56. The molecule has 0 heterocycles. The summed E-state index contributed by atoms with van der Waals surface area (Å²) in [6.07, 6.45) is 4.94. The fraction of sp³-hybridized carbons (Fsp3) is 0.500. The molecule has 0 radical (unpaired) electrons. The van der Waals surface area contributed by atoms with E-state index in [0.29, 0.717) is 17.2 Å². The lowest BCUT2D eigenvalue weighted by Crippen LogP contribution is -2.38. The van der Waals surface area contributed by atoms with Crippen molar-refractivity contribution < 1.29 is 0 Å². The summed E-state index contributed by atoms with van der Waals surface area (Å²) >= 11 is 0. The average molecular weight is 253 g/mol. The molecule has 0 aliphatic heterocycles. The Balaban J connectivity index is 2.20. The van der Waals surface area contributed by atoms with Crippen LogP contribution in [0, 0.1) is 28.1 Å². The van der Waals surface area contributed by atoms with Gasteiger partial charge >= 0.3 is 0 Å². The van der Waals surface area contributed by atoms with Crippen LogP contribution in [0.4, 0.5) is 5.69 Å². The number of benzene rings is 1. The van der Waals surface area contributed by atoms with E-state index in [1.165, 1.54) is 19.3 Å². The zero-order valence-corrected chi connectivity index (χ0v) is 11.5. The van der Waals surface area contributed by atoms with Gasteiger partial charge in [0.25, 0.3) is 0 Å². The van der Waals surface area contributed by atoms with Crippen LogP contribution >= 0.6 is 0 Å². The topological polar surface area (TPSA) is 59.6 Å². The predicted octanol–water partition coefficient (Wildman–Crippen LogP) is 3.81. The van der Waals surface area contributed by atoms with Crippen LogP contribution in [0.2, 0.25) is 0 Å². The zero-order chi connectivity index (χ0) is 13.9. The minimum Gasteiger partial charge on any atom is -0.382 e. The van der Waals surface area contributed by atoms with Crippen LogP contribution in [0.3, 0.4) is 0 Å². The summed E-state index contributed by atoms with van der Waals surface area (Å²) < 4.78 is 0. The Labute approximate surface area is 114 Å². The van der Waals surface area contributed by atoms with Gasteiger partial charge in [-0.1, -0.05) is 26.7 Å². The molecule has 1 fully saturated rings. The second kappa shape index (κ2) is 5.33. The van der Waals surface area contributed by atoms with Gasteiger partial charge < -0.3 is 5.32 Å². The van der Waals surface area contributed by atoms with Crippen molar-refractivity contribution in [2.75, 3.05) is 5.32 Å². The van der Waals surface area contributed by atoms with Gasteiger partial charge in [0, 0.05) is 11.7 Å². The predicted molar refractivity (Wildman–Crippen MR) is 75.5 cm³/mol. The Morgan fingerprint density at radius 1 is 1.16 bits per heavy atom. The standard InChI is InChI=1S/C16H19N3/c1-16(2)8-4-3-5-15(16)19-14-7-6-12(10-17)13(9-14)11-18/h6-7,9,15,19H,3-5,8H2,1-2H3. The molecular weight excluding hydrogens is 234 g/mol. The smallest absolute Gasteiger partial charge is 0.101 e. The molecule has 1 aliphatic rings. The van der Waals surface area contributed by atoms with Gasteiger partial charge in [0.2, 0.25) is 0 Å². The first-order chi connectivity index (χ1) is 9.06. The van der Waals surface area contributed by atoms with Crippen molar-refractivity contribution >= 4 is 5.69 Å². The van der Waals surface area contributed by atoms with E-state index in [1.54, 1.807) is 12.1 Å². The SMILES string of the molecule is CC1(C)CCCCC1Nc1ccc(C#N)c(C#N)c1. The molecule has 1 aliphatic carbocycles. The number of anilines is 1. The molecule has 1 N–H and O–H groups in total. The molecule has 0 spiro atoms. The molecule has 98 valence electrons. The Kier molecular flexibility index (Phi) is 3.76. The lowest BCUT2D eigenvalue weighted by molar-refractivity contribution is 0.217. The average Bonchev–Trinajstić information content (AvgIpc) is 2.41. The molecule has 0 saturated heterocycles. The molecule has 1 aromatic carbocycles. The van der Waals surface area contributed by atoms with Gasteiger partial charge in [0.05, 0.1) is 11.1 Å². The van der Waals surface area contributed by atoms with Crippen molar-refractivity contribution in [2.45, 2.75) is 45.6 Å². The van der Waals surface area contributed by atoms with Gasteiger partial charge in [-0.25, -0.2) is 0 Å². The molecule has 1 unspecified atom stereocenters. The van der Waals surface area contributed by atoms with E-state index in [4.69, 9.17) is 10.5 Å². The third-order valence-corrected chi connectivity index (χ3v) is 4.11. The number of nitriles is 2. The van der Waals surface area contributed by atoms with E-state index in [-0.39, 0.29) is 5.41 Å². The molecule has 0 aromatic heterocycles. The molecule has 3 nitrogen and oxygen atoms in total. The monoisotopic (exact) mass is 253 g/mol. The van der Waals surface area contributed by atoms with E-state index in [2.05, 4.69) is 25.2 Å². The van der Waals surface area contributed by atoms with Gasteiger partial charge in [-0.3, -0.25) is 0 Å². The van der Waals surface area contributed by atoms with Gasteiger partial charge in [-0.05, 0) is 36.5 Å². The summed E-state index contributed by atoms with van der Waals surface area (Å²) in [6, 6.07) is 9.95. The summed E-state index contributed by atoms with van der Waals surface area (Å²) in [6.45, 7) is 4.58. The molecule has 0 amide bonds. The van der Waals surface area contributed by atoms with E-state index in [9.17, 15) is 0 Å². The zero-order valence-electron chi connectivity index (χ0n) is 11.5. The maximum absolute atomic E-state index is 9.05. The highest BCUT2D eigenvalue weighted by atomic mass is 14.9. The third-order valence-electron chi connectivity index (χ3n) is 4.11. The molecule has 1 atom stereocenters. The third kappa shape index (κ3) is 2.88. The number of nitrogens with zero attached hydrogens (tertiary/aromatic N) is 2. The van der Waals surface area contributed by atoms with Crippen LogP contribution in [-0.4, -0.2) is 6.04 Å². The van der Waals surface area contributed by atoms with Gasteiger partial charge in [0.15, 0.2) is 0 Å². The van der Waals surface area contributed by atoms with Gasteiger partial charge in [-0.15, -0.1) is 0 Å². The molecule has 1 saturated carbocycles. The first-order valence-electron chi connectivity index (χ1n) is 6.77. The van der Waals surface area contributed by atoms with E-state index >= 15 is 0 Å². The molecule has 3 heteroatoms. The van der Waals surface area contributed by atoms with Crippen LogP contribution < -0.4 is 5.32 Å². The number of nitrogens with one attached hydrogen (secondary N) is 1. The second-order valence-corrected chi connectivity index (χ2v) is 5.92. The fourth-order valence-electron chi connectivity index (χ4n) is 2.79. The first-order valence-corrected chi connectivity index (χ1v) is 6.77. The first kappa shape index (κ1) is 13.4. The largest absolute Gasteiger partial charge is 0.382 e. The van der Waals surface area contributed by atoms with Crippen LogP contribution in [-0.2, 0) is 0 Å². The van der Waals surface area contributed by atoms with Crippen molar-refractivity contribution in [1.82, 2.24) is 0 Å². The maximum atomic E-state index is 9.05. The number of hydrogen-bond donors (Lipinski definition) is 1. The van der Waals surface area contributed by atoms with Crippen LogP contribution in [0.1, 0.15) is 50.7 Å². The second-order valence-electron chi connectivity index (χ2n) is 5.92. The number of rotatable bonds is 2. The van der Waals surface area contributed by atoms with Crippen molar-refractivity contribution in [3.8, 4) is 12.1 Å². The van der Waals surface area contributed by atoms with Gasteiger partial charge in [-0.2, -0.15) is 10.5 Å². The Hall–Kier alpha value is -2.00.